The first-order chi connectivity index (χ1) is 14.0. The summed E-state index contributed by atoms with van der Waals surface area (Å²) < 4.78 is 45.4. The number of fused-ring (bicyclic) bond motifs is 6. The van der Waals surface area contributed by atoms with Crippen LogP contribution in [0.3, 0.4) is 0 Å². The Balaban J connectivity index is 1.56. The van der Waals surface area contributed by atoms with Gasteiger partial charge in [0, 0.05) is 6.61 Å². The minimum Gasteiger partial charge on any atom is -0.459 e. The second-order valence-electron chi connectivity index (χ2n) is 7.16. The zero-order chi connectivity index (χ0) is 20.4. The number of rotatable bonds is 8. The third-order valence-electron chi connectivity index (χ3n) is 4.95. The van der Waals surface area contributed by atoms with Gasteiger partial charge in [-0.1, -0.05) is 24.3 Å². The van der Waals surface area contributed by atoms with E-state index in [-0.39, 0.29) is 13.2 Å². The van der Waals surface area contributed by atoms with Crippen LogP contribution in [0.25, 0.3) is 0 Å². The summed E-state index contributed by atoms with van der Waals surface area (Å²) in [4.78, 5) is 0. The molecule has 0 spiro atoms. The fourth-order valence-corrected chi connectivity index (χ4v) is 4.08. The Labute approximate surface area is 170 Å². The maximum Gasteiger partial charge on any atom is 0.264 e. The van der Waals surface area contributed by atoms with Crippen LogP contribution in [0.15, 0.2) is 36.4 Å². The van der Waals surface area contributed by atoms with E-state index in [2.05, 4.69) is 0 Å². The largest absolute Gasteiger partial charge is 0.459 e. The highest BCUT2D eigenvalue weighted by molar-refractivity contribution is 7.85. The van der Waals surface area contributed by atoms with E-state index in [1.54, 1.807) is 0 Å². The Morgan fingerprint density at radius 3 is 2.00 bits per heavy atom. The average Bonchev–Trinajstić information content (AvgIpc) is 2.69. The predicted molar refractivity (Wildman–Crippen MR) is 105 cm³/mol. The molecule has 2 aromatic carbocycles. The highest BCUT2D eigenvalue weighted by Gasteiger charge is 2.39. The molecule has 7 nitrogen and oxygen atoms in total. The Bertz CT molecular complexity index is 987. The smallest absolute Gasteiger partial charge is 0.264 e. The van der Waals surface area contributed by atoms with Crippen molar-refractivity contribution in [1.29, 1.82) is 0 Å². The minimum atomic E-state index is -3.44. The topological polar surface area (TPSA) is 91.3 Å². The van der Waals surface area contributed by atoms with E-state index in [0.29, 0.717) is 25.7 Å². The first kappa shape index (κ1) is 20.2. The van der Waals surface area contributed by atoms with Crippen molar-refractivity contribution in [2.24, 2.45) is 0 Å². The molecule has 0 saturated heterocycles. The minimum absolute atomic E-state index is 0.124. The molecule has 1 N–H and O–H groups in total. The first-order valence-electron chi connectivity index (χ1n) is 9.64. The average molecular weight is 420 g/mol. The summed E-state index contributed by atoms with van der Waals surface area (Å²) in [6.07, 6.45) is 2.44. The molecule has 8 heteroatoms. The van der Waals surface area contributed by atoms with Crippen molar-refractivity contribution in [3.63, 3.8) is 0 Å². The monoisotopic (exact) mass is 420 g/mol. The van der Waals surface area contributed by atoms with Gasteiger partial charge in [0.1, 0.15) is 11.5 Å². The first-order valence-corrected chi connectivity index (χ1v) is 11.5. The summed E-state index contributed by atoms with van der Waals surface area (Å²) in [7, 11) is -3.44. The molecule has 0 aromatic heterocycles. The maximum absolute atomic E-state index is 11.1. The van der Waals surface area contributed by atoms with Crippen LogP contribution in [0.5, 0.6) is 11.5 Å². The number of aliphatic hydroxyl groups is 1. The van der Waals surface area contributed by atoms with Crippen molar-refractivity contribution in [3.05, 3.63) is 58.7 Å². The summed E-state index contributed by atoms with van der Waals surface area (Å²) in [6.45, 7) is 0.248. The lowest BCUT2D eigenvalue weighted by atomic mass is 9.99. The van der Waals surface area contributed by atoms with Crippen LogP contribution in [-0.4, -0.2) is 33.0 Å². The van der Waals surface area contributed by atoms with Crippen LogP contribution in [0.2, 0.25) is 0 Å². The SMILES string of the molecule is CS(=O)(=O)OCCCc1cccc2c1OC1OC2Oc2c(CCCO)cccc21. The van der Waals surface area contributed by atoms with Gasteiger partial charge >= 0.3 is 0 Å². The Hall–Kier alpha value is -2.13. The summed E-state index contributed by atoms with van der Waals surface area (Å²) in [5, 5.41) is 9.15. The Morgan fingerprint density at radius 2 is 1.48 bits per heavy atom. The van der Waals surface area contributed by atoms with E-state index in [1.165, 1.54) is 0 Å². The zero-order valence-electron chi connectivity index (χ0n) is 16.2. The van der Waals surface area contributed by atoms with Gasteiger partial charge in [-0.3, -0.25) is 8.92 Å². The number of para-hydroxylation sites is 2. The molecule has 0 radical (unpaired) electrons. The fourth-order valence-electron chi connectivity index (χ4n) is 3.66. The third kappa shape index (κ3) is 4.40. The van der Waals surface area contributed by atoms with Crippen LogP contribution in [0.4, 0.5) is 0 Å². The quantitative estimate of drug-likeness (QED) is 0.518. The lowest BCUT2D eigenvalue weighted by Gasteiger charge is -2.39. The van der Waals surface area contributed by atoms with Gasteiger partial charge in [0.25, 0.3) is 10.1 Å². The van der Waals surface area contributed by atoms with E-state index in [0.717, 1.165) is 40.0 Å². The maximum atomic E-state index is 11.1. The summed E-state index contributed by atoms with van der Waals surface area (Å²) in [5.41, 5.74) is 3.63. The Morgan fingerprint density at radius 1 is 0.931 bits per heavy atom. The van der Waals surface area contributed by atoms with E-state index in [9.17, 15) is 8.42 Å². The van der Waals surface area contributed by atoms with Crippen molar-refractivity contribution in [3.8, 4) is 11.5 Å². The van der Waals surface area contributed by atoms with Crippen molar-refractivity contribution in [1.82, 2.24) is 0 Å². The second kappa shape index (κ2) is 8.31. The van der Waals surface area contributed by atoms with Crippen LogP contribution >= 0.6 is 0 Å². The normalized spacial score (nSPS) is 19.7. The van der Waals surface area contributed by atoms with Gasteiger partial charge in [-0.05, 0) is 48.9 Å². The van der Waals surface area contributed by atoms with E-state index >= 15 is 0 Å². The molecule has 2 aliphatic heterocycles. The summed E-state index contributed by atoms with van der Waals surface area (Å²) in [5.74, 6) is 1.49. The van der Waals surface area contributed by atoms with Gasteiger partial charge in [-0.15, -0.1) is 0 Å². The Kier molecular flexibility index (Phi) is 5.78. The number of hydrogen-bond acceptors (Lipinski definition) is 7. The fraction of sp³-hybridized carbons (Fsp3) is 0.429. The van der Waals surface area contributed by atoms with Gasteiger partial charge in [-0.2, -0.15) is 8.42 Å². The molecule has 0 amide bonds. The molecule has 2 heterocycles. The van der Waals surface area contributed by atoms with Gasteiger partial charge in [0.15, 0.2) is 0 Å². The molecule has 2 bridgehead atoms. The standard InChI is InChI=1S/C21H24O7S/c1-29(23,24)25-13-5-9-15-7-3-11-17-19(15)27-20-16-10-2-6-14(8-4-12-22)18(16)26-21(17)28-20/h2-3,6-7,10-11,20-22H,4-5,8-9,12-13H2,1H3. The molecule has 156 valence electrons. The van der Waals surface area contributed by atoms with Crippen molar-refractivity contribution >= 4 is 10.1 Å². The summed E-state index contributed by atoms with van der Waals surface area (Å²) in [6, 6.07) is 11.6. The second-order valence-corrected chi connectivity index (χ2v) is 8.81. The highest BCUT2D eigenvalue weighted by atomic mass is 32.2. The van der Waals surface area contributed by atoms with E-state index in [1.807, 2.05) is 36.4 Å². The van der Waals surface area contributed by atoms with Gasteiger partial charge in [0.2, 0.25) is 12.6 Å². The van der Waals surface area contributed by atoms with E-state index in [4.69, 9.17) is 23.5 Å². The molecule has 2 unspecified atom stereocenters. The molecular weight excluding hydrogens is 396 g/mol. The highest BCUT2D eigenvalue weighted by Crippen LogP contribution is 2.49. The van der Waals surface area contributed by atoms with Crippen LogP contribution < -0.4 is 9.47 Å². The number of aliphatic hydroxyl groups excluding tert-OH is 1. The van der Waals surface area contributed by atoms with Gasteiger partial charge in [-0.25, -0.2) is 0 Å². The van der Waals surface area contributed by atoms with Gasteiger partial charge in [0.05, 0.1) is 24.0 Å². The molecule has 29 heavy (non-hydrogen) atoms. The molecule has 0 aliphatic carbocycles. The molecule has 2 atom stereocenters. The number of aryl methyl sites for hydroxylation is 2. The molecule has 0 fully saturated rings. The molecule has 2 aromatic rings. The lowest BCUT2D eigenvalue weighted by Crippen LogP contribution is -2.31. The van der Waals surface area contributed by atoms with Crippen molar-refractivity contribution < 1.29 is 31.9 Å². The molecular formula is C21H24O7S. The van der Waals surface area contributed by atoms with Crippen LogP contribution in [0.1, 0.15) is 47.7 Å². The molecule has 4 rings (SSSR count). The van der Waals surface area contributed by atoms with Crippen LogP contribution in [0, 0.1) is 0 Å². The predicted octanol–water partition coefficient (Wildman–Crippen LogP) is 3.02. The molecule has 2 aliphatic rings. The molecule has 0 saturated carbocycles. The van der Waals surface area contributed by atoms with Crippen LogP contribution in [-0.2, 0) is 31.9 Å². The number of ether oxygens (including phenoxy) is 3. The third-order valence-corrected chi connectivity index (χ3v) is 5.55. The van der Waals surface area contributed by atoms with Crippen molar-refractivity contribution in [2.45, 2.75) is 38.3 Å². The lowest BCUT2D eigenvalue weighted by molar-refractivity contribution is -0.228. The number of hydrogen-bond donors (Lipinski definition) is 1. The van der Waals surface area contributed by atoms with E-state index < -0.39 is 22.7 Å². The van der Waals surface area contributed by atoms with Crippen molar-refractivity contribution in [2.75, 3.05) is 19.5 Å². The van der Waals surface area contributed by atoms with Gasteiger partial charge < -0.3 is 14.6 Å². The number of benzene rings is 2. The summed E-state index contributed by atoms with van der Waals surface area (Å²) >= 11 is 0. The zero-order valence-corrected chi connectivity index (χ0v) is 17.0.